The standard InChI is InChI=1S/C16H24N2O/c1-3-15(14-9-5-4-6-10-14)17-13(2)16(19)18-11-7-8-12-18/h4-6,9-10,13,15,17H,3,7-8,11-12H2,1-2H3. The molecule has 1 N–H and O–H groups in total. The molecule has 2 unspecified atom stereocenters. The lowest BCUT2D eigenvalue weighted by Gasteiger charge is -2.25. The minimum atomic E-state index is -0.108. The summed E-state index contributed by atoms with van der Waals surface area (Å²) in [5, 5.41) is 3.47. The quantitative estimate of drug-likeness (QED) is 0.883. The van der Waals surface area contributed by atoms with Crippen molar-refractivity contribution < 1.29 is 4.79 Å². The van der Waals surface area contributed by atoms with Gasteiger partial charge in [-0.2, -0.15) is 0 Å². The zero-order valence-corrected chi connectivity index (χ0v) is 11.9. The Morgan fingerprint density at radius 3 is 2.47 bits per heavy atom. The molecular weight excluding hydrogens is 236 g/mol. The van der Waals surface area contributed by atoms with Crippen LogP contribution >= 0.6 is 0 Å². The molecular formula is C16H24N2O. The second-order valence-corrected chi connectivity index (χ2v) is 5.29. The number of nitrogens with zero attached hydrogens (tertiary/aromatic N) is 1. The van der Waals surface area contributed by atoms with Crippen molar-refractivity contribution in [2.24, 2.45) is 0 Å². The van der Waals surface area contributed by atoms with Crippen LogP contribution in [0.3, 0.4) is 0 Å². The predicted octanol–water partition coefficient (Wildman–Crippen LogP) is 2.74. The Balaban J connectivity index is 1.96. The van der Waals surface area contributed by atoms with Crippen molar-refractivity contribution in [2.45, 2.75) is 45.2 Å². The highest BCUT2D eigenvalue weighted by atomic mass is 16.2. The van der Waals surface area contributed by atoms with Gasteiger partial charge in [0.15, 0.2) is 0 Å². The summed E-state index contributed by atoms with van der Waals surface area (Å²) in [5.41, 5.74) is 1.26. The molecule has 3 nitrogen and oxygen atoms in total. The number of hydrogen-bond acceptors (Lipinski definition) is 2. The average molecular weight is 260 g/mol. The topological polar surface area (TPSA) is 32.3 Å². The van der Waals surface area contributed by atoms with E-state index in [1.54, 1.807) is 0 Å². The Kier molecular flexibility index (Phi) is 4.97. The van der Waals surface area contributed by atoms with Gasteiger partial charge >= 0.3 is 0 Å². The molecule has 1 aromatic rings. The summed E-state index contributed by atoms with van der Waals surface area (Å²) in [4.78, 5) is 14.3. The molecule has 2 atom stereocenters. The summed E-state index contributed by atoms with van der Waals surface area (Å²) in [7, 11) is 0. The number of carbonyl (C=O) groups excluding carboxylic acids is 1. The number of carbonyl (C=O) groups is 1. The van der Waals surface area contributed by atoms with Gasteiger partial charge in [-0.3, -0.25) is 10.1 Å². The van der Waals surface area contributed by atoms with Crippen molar-refractivity contribution in [2.75, 3.05) is 13.1 Å². The third-order valence-electron chi connectivity index (χ3n) is 3.85. The first-order chi connectivity index (χ1) is 9.22. The van der Waals surface area contributed by atoms with Gasteiger partial charge in [0.1, 0.15) is 0 Å². The summed E-state index contributed by atoms with van der Waals surface area (Å²) in [6.07, 6.45) is 3.28. The van der Waals surface area contributed by atoms with Crippen LogP contribution < -0.4 is 5.32 Å². The molecule has 1 fully saturated rings. The van der Waals surface area contributed by atoms with Crippen LogP contribution in [0.25, 0.3) is 0 Å². The Labute approximate surface area is 116 Å². The molecule has 0 bridgehead atoms. The molecule has 1 aliphatic rings. The average Bonchev–Trinajstić information content (AvgIpc) is 2.98. The van der Waals surface area contributed by atoms with E-state index >= 15 is 0 Å². The third kappa shape index (κ3) is 3.57. The van der Waals surface area contributed by atoms with Gasteiger partial charge in [0.05, 0.1) is 6.04 Å². The fourth-order valence-corrected chi connectivity index (χ4v) is 2.72. The molecule has 0 radical (unpaired) electrons. The second-order valence-electron chi connectivity index (χ2n) is 5.29. The van der Waals surface area contributed by atoms with Crippen LogP contribution in [-0.4, -0.2) is 29.9 Å². The maximum absolute atomic E-state index is 12.3. The molecule has 104 valence electrons. The summed E-state index contributed by atoms with van der Waals surface area (Å²) >= 11 is 0. The minimum Gasteiger partial charge on any atom is -0.341 e. The number of hydrogen-bond donors (Lipinski definition) is 1. The Morgan fingerprint density at radius 2 is 1.89 bits per heavy atom. The molecule has 1 aliphatic heterocycles. The van der Waals surface area contributed by atoms with Gasteiger partial charge in [0, 0.05) is 19.1 Å². The van der Waals surface area contributed by atoms with E-state index in [4.69, 9.17) is 0 Å². The summed E-state index contributed by atoms with van der Waals surface area (Å²) in [6, 6.07) is 10.5. The molecule has 1 saturated heterocycles. The van der Waals surface area contributed by atoms with Crippen LogP contribution in [0.4, 0.5) is 0 Å². The van der Waals surface area contributed by atoms with Crippen LogP contribution in [0, 0.1) is 0 Å². The Morgan fingerprint density at radius 1 is 1.26 bits per heavy atom. The Bertz CT molecular complexity index is 398. The van der Waals surface area contributed by atoms with Crippen LogP contribution in [-0.2, 0) is 4.79 Å². The molecule has 2 rings (SSSR count). The molecule has 0 aromatic heterocycles. The minimum absolute atomic E-state index is 0.108. The first-order valence-electron chi connectivity index (χ1n) is 7.32. The predicted molar refractivity (Wildman–Crippen MR) is 77.9 cm³/mol. The lowest BCUT2D eigenvalue weighted by Crippen LogP contribution is -2.44. The van der Waals surface area contributed by atoms with Crippen molar-refractivity contribution in [3.8, 4) is 0 Å². The zero-order chi connectivity index (χ0) is 13.7. The van der Waals surface area contributed by atoms with Crippen molar-refractivity contribution in [3.63, 3.8) is 0 Å². The van der Waals surface area contributed by atoms with Crippen molar-refractivity contribution >= 4 is 5.91 Å². The van der Waals surface area contributed by atoms with Gasteiger partial charge in [0.25, 0.3) is 0 Å². The molecule has 0 aliphatic carbocycles. The van der Waals surface area contributed by atoms with E-state index in [2.05, 4.69) is 24.4 Å². The highest BCUT2D eigenvalue weighted by Gasteiger charge is 2.24. The van der Waals surface area contributed by atoms with Gasteiger partial charge in [-0.1, -0.05) is 37.3 Å². The lowest BCUT2D eigenvalue weighted by molar-refractivity contribution is -0.132. The van der Waals surface area contributed by atoms with Crippen molar-refractivity contribution in [1.82, 2.24) is 10.2 Å². The van der Waals surface area contributed by atoms with Crippen LogP contribution in [0.15, 0.2) is 30.3 Å². The van der Waals surface area contributed by atoms with E-state index in [-0.39, 0.29) is 18.0 Å². The van der Waals surface area contributed by atoms with E-state index in [0.717, 1.165) is 32.4 Å². The van der Waals surface area contributed by atoms with E-state index in [1.807, 2.05) is 30.0 Å². The maximum Gasteiger partial charge on any atom is 0.239 e. The Hall–Kier alpha value is -1.35. The molecule has 0 saturated carbocycles. The molecule has 3 heteroatoms. The lowest BCUT2D eigenvalue weighted by atomic mass is 10.0. The van der Waals surface area contributed by atoms with Crippen molar-refractivity contribution in [3.05, 3.63) is 35.9 Å². The third-order valence-corrected chi connectivity index (χ3v) is 3.85. The van der Waals surface area contributed by atoms with Crippen molar-refractivity contribution in [1.29, 1.82) is 0 Å². The number of benzene rings is 1. The first-order valence-corrected chi connectivity index (χ1v) is 7.32. The molecule has 0 spiro atoms. The summed E-state index contributed by atoms with van der Waals surface area (Å²) in [5.74, 6) is 0.242. The van der Waals surface area contributed by atoms with Gasteiger partial charge in [-0.05, 0) is 31.7 Å². The molecule has 1 heterocycles. The monoisotopic (exact) mass is 260 g/mol. The fraction of sp³-hybridized carbons (Fsp3) is 0.562. The molecule has 1 aromatic carbocycles. The van der Waals surface area contributed by atoms with Gasteiger partial charge < -0.3 is 4.90 Å². The maximum atomic E-state index is 12.3. The SMILES string of the molecule is CCC(NC(C)C(=O)N1CCCC1)c1ccccc1. The summed E-state index contributed by atoms with van der Waals surface area (Å²) in [6.45, 7) is 5.98. The van der Waals surface area contributed by atoms with Crippen LogP contribution in [0.1, 0.15) is 44.7 Å². The van der Waals surface area contributed by atoms with Gasteiger partial charge in [0.2, 0.25) is 5.91 Å². The highest BCUT2D eigenvalue weighted by molar-refractivity contribution is 5.81. The number of nitrogens with one attached hydrogen (secondary N) is 1. The smallest absolute Gasteiger partial charge is 0.239 e. The normalized spacial score (nSPS) is 18.3. The van der Waals surface area contributed by atoms with Gasteiger partial charge in [-0.15, -0.1) is 0 Å². The van der Waals surface area contributed by atoms with E-state index in [0.29, 0.717) is 0 Å². The fourth-order valence-electron chi connectivity index (χ4n) is 2.72. The second kappa shape index (κ2) is 6.71. The van der Waals surface area contributed by atoms with E-state index in [1.165, 1.54) is 5.56 Å². The molecule has 19 heavy (non-hydrogen) atoms. The largest absolute Gasteiger partial charge is 0.341 e. The van der Waals surface area contributed by atoms with E-state index in [9.17, 15) is 4.79 Å². The first kappa shape index (κ1) is 14.1. The van der Waals surface area contributed by atoms with E-state index < -0.39 is 0 Å². The van der Waals surface area contributed by atoms with Crippen LogP contribution in [0.2, 0.25) is 0 Å². The van der Waals surface area contributed by atoms with Gasteiger partial charge in [-0.25, -0.2) is 0 Å². The molecule has 1 amide bonds. The number of amides is 1. The number of rotatable bonds is 5. The zero-order valence-electron chi connectivity index (χ0n) is 11.9. The van der Waals surface area contributed by atoms with Crippen LogP contribution in [0.5, 0.6) is 0 Å². The summed E-state index contributed by atoms with van der Waals surface area (Å²) < 4.78 is 0. The highest BCUT2D eigenvalue weighted by Crippen LogP contribution is 2.18. The number of likely N-dealkylation sites (tertiary alicyclic amines) is 1.